The van der Waals surface area contributed by atoms with Gasteiger partial charge in [0.25, 0.3) is 0 Å². The molecule has 0 amide bonds. The molecule has 0 saturated carbocycles. The molecular formula is C19H19N7. The molecule has 0 aliphatic heterocycles. The van der Waals surface area contributed by atoms with Crippen molar-refractivity contribution in [1.29, 1.82) is 0 Å². The highest BCUT2D eigenvalue weighted by Gasteiger charge is 2.09. The van der Waals surface area contributed by atoms with Crippen molar-refractivity contribution in [3.63, 3.8) is 0 Å². The second-order valence-corrected chi connectivity index (χ2v) is 6.14. The first kappa shape index (κ1) is 16.1. The van der Waals surface area contributed by atoms with Crippen molar-refractivity contribution in [3.8, 4) is 11.4 Å². The maximum atomic E-state index is 4.63. The minimum absolute atomic E-state index is 0.655. The predicted octanol–water partition coefficient (Wildman–Crippen LogP) is 2.79. The van der Waals surface area contributed by atoms with E-state index in [4.69, 9.17) is 0 Å². The minimum atomic E-state index is 0.655. The minimum Gasteiger partial charge on any atom is -0.256 e. The van der Waals surface area contributed by atoms with Gasteiger partial charge in [0.1, 0.15) is 5.82 Å². The molecule has 3 aromatic heterocycles. The van der Waals surface area contributed by atoms with Crippen LogP contribution in [0.3, 0.4) is 0 Å². The van der Waals surface area contributed by atoms with Crippen molar-refractivity contribution in [3.05, 3.63) is 65.6 Å². The van der Waals surface area contributed by atoms with Crippen LogP contribution in [-0.2, 0) is 13.5 Å². The molecular weight excluding hydrogens is 326 g/mol. The van der Waals surface area contributed by atoms with E-state index < -0.39 is 0 Å². The average molecular weight is 345 g/mol. The molecule has 0 atom stereocenters. The maximum Gasteiger partial charge on any atom is 0.181 e. The first-order chi connectivity index (χ1) is 12.6. The average Bonchev–Trinajstić information content (AvgIpc) is 3.24. The molecule has 4 rings (SSSR count). The molecule has 3 heterocycles. The Morgan fingerprint density at radius 2 is 1.85 bits per heavy atom. The molecule has 7 nitrogen and oxygen atoms in total. The Hall–Kier alpha value is -3.35. The smallest absolute Gasteiger partial charge is 0.181 e. The molecule has 4 aromatic rings. The number of rotatable bonds is 4. The summed E-state index contributed by atoms with van der Waals surface area (Å²) in [4.78, 5) is 13.5. The van der Waals surface area contributed by atoms with Crippen LogP contribution in [0, 0.1) is 13.8 Å². The highest BCUT2D eigenvalue weighted by molar-refractivity contribution is 5.54. The molecule has 0 fully saturated rings. The van der Waals surface area contributed by atoms with Crippen LogP contribution in [0.25, 0.3) is 23.1 Å². The van der Waals surface area contributed by atoms with Crippen LogP contribution in [0.15, 0.2) is 42.6 Å². The van der Waals surface area contributed by atoms with Gasteiger partial charge in [0.05, 0.1) is 11.4 Å². The van der Waals surface area contributed by atoms with Crippen molar-refractivity contribution < 1.29 is 0 Å². The van der Waals surface area contributed by atoms with E-state index in [2.05, 4.69) is 25.1 Å². The maximum absolute atomic E-state index is 4.63. The molecule has 0 radical (unpaired) electrons. The van der Waals surface area contributed by atoms with E-state index in [0.717, 1.165) is 34.2 Å². The molecule has 130 valence electrons. The lowest BCUT2D eigenvalue weighted by molar-refractivity contribution is 0.721. The number of allylic oxidation sites excluding steroid dienone is 1. The van der Waals surface area contributed by atoms with Gasteiger partial charge in [-0.15, -0.1) is 5.10 Å². The first-order valence-corrected chi connectivity index (χ1v) is 8.42. The number of hydrogen-bond donors (Lipinski definition) is 0. The van der Waals surface area contributed by atoms with Crippen LogP contribution in [0.2, 0.25) is 0 Å². The van der Waals surface area contributed by atoms with Crippen molar-refractivity contribution in [2.45, 2.75) is 20.3 Å². The van der Waals surface area contributed by atoms with E-state index >= 15 is 0 Å². The molecule has 0 bridgehead atoms. The Kier molecular flexibility index (Phi) is 4.04. The highest BCUT2D eigenvalue weighted by Crippen LogP contribution is 2.15. The Morgan fingerprint density at radius 1 is 1.04 bits per heavy atom. The van der Waals surface area contributed by atoms with Crippen molar-refractivity contribution in [2.24, 2.45) is 7.05 Å². The number of hydrogen-bond acceptors (Lipinski definition) is 5. The van der Waals surface area contributed by atoms with E-state index in [-0.39, 0.29) is 0 Å². The topological polar surface area (TPSA) is 73.8 Å². The molecule has 26 heavy (non-hydrogen) atoms. The molecule has 0 saturated heterocycles. The van der Waals surface area contributed by atoms with Gasteiger partial charge >= 0.3 is 0 Å². The van der Waals surface area contributed by atoms with Gasteiger partial charge in [-0.25, -0.2) is 14.5 Å². The zero-order chi connectivity index (χ0) is 18.1. The second kappa shape index (κ2) is 6.51. The van der Waals surface area contributed by atoms with Gasteiger partial charge in [-0.2, -0.15) is 5.10 Å². The third-order valence-electron chi connectivity index (χ3n) is 4.18. The summed E-state index contributed by atoms with van der Waals surface area (Å²) in [6.07, 6.45) is 6.37. The van der Waals surface area contributed by atoms with Crippen molar-refractivity contribution in [1.82, 2.24) is 34.3 Å². The zero-order valence-corrected chi connectivity index (χ0v) is 15.0. The lowest BCUT2D eigenvalue weighted by atomic mass is 10.2. The summed E-state index contributed by atoms with van der Waals surface area (Å²) in [5, 5.41) is 9.01. The predicted molar refractivity (Wildman–Crippen MR) is 99.4 cm³/mol. The van der Waals surface area contributed by atoms with E-state index in [1.54, 1.807) is 6.20 Å². The standard InChI is InChI=1S/C19H19N7/c1-13-12-20-14(2)19-21-16(23-26(13)19)10-7-11-17-22-18(24-25(17)3)15-8-5-4-6-9-15/h4-10,12H,11H2,1-3H3/b10-7+. The normalized spacial score (nSPS) is 11.7. The Labute approximate surface area is 151 Å². The highest BCUT2D eigenvalue weighted by atomic mass is 15.3. The van der Waals surface area contributed by atoms with Crippen LogP contribution in [0.4, 0.5) is 0 Å². The van der Waals surface area contributed by atoms with Crippen LogP contribution >= 0.6 is 0 Å². The summed E-state index contributed by atoms with van der Waals surface area (Å²) in [6, 6.07) is 9.97. The van der Waals surface area contributed by atoms with Crippen molar-refractivity contribution >= 4 is 11.7 Å². The Bertz CT molecular complexity index is 1050. The van der Waals surface area contributed by atoms with E-state index in [1.165, 1.54) is 0 Å². The number of aryl methyl sites for hydroxylation is 3. The van der Waals surface area contributed by atoms with Crippen LogP contribution in [0.5, 0.6) is 0 Å². The van der Waals surface area contributed by atoms with Gasteiger partial charge in [-0.3, -0.25) is 9.67 Å². The van der Waals surface area contributed by atoms with E-state index in [1.807, 2.05) is 72.6 Å². The Morgan fingerprint density at radius 3 is 2.62 bits per heavy atom. The molecule has 0 spiro atoms. The fraction of sp³-hybridized carbons (Fsp3) is 0.211. The van der Waals surface area contributed by atoms with Gasteiger partial charge in [0.15, 0.2) is 17.3 Å². The summed E-state index contributed by atoms with van der Waals surface area (Å²) in [7, 11) is 1.91. The summed E-state index contributed by atoms with van der Waals surface area (Å²) in [5.41, 5.74) is 3.62. The largest absolute Gasteiger partial charge is 0.256 e. The SMILES string of the molecule is Cc1ncc(C)n2nc(/C=C/Cc3nc(-c4ccccc4)nn3C)nc12. The molecule has 1 aromatic carbocycles. The molecule has 0 aliphatic carbocycles. The first-order valence-electron chi connectivity index (χ1n) is 8.42. The lowest BCUT2D eigenvalue weighted by Gasteiger charge is -1.97. The molecule has 0 aliphatic rings. The van der Waals surface area contributed by atoms with Crippen LogP contribution in [0.1, 0.15) is 23.0 Å². The number of aromatic nitrogens is 7. The number of nitrogens with zero attached hydrogens (tertiary/aromatic N) is 7. The number of benzene rings is 1. The number of fused-ring (bicyclic) bond motifs is 1. The lowest BCUT2D eigenvalue weighted by Crippen LogP contribution is -1.98. The van der Waals surface area contributed by atoms with Crippen molar-refractivity contribution in [2.75, 3.05) is 0 Å². The third-order valence-corrected chi connectivity index (χ3v) is 4.18. The van der Waals surface area contributed by atoms with Gasteiger partial charge in [0.2, 0.25) is 0 Å². The second-order valence-electron chi connectivity index (χ2n) is 6.14. The van der Waals surface area contributed by atoms with Crippen LogP contribution in [-0.4, -0.2) is 34.3 Å². The van der Waals surface area contributed by atoms with Gasteiger partial charge in [0, 0.05) is 25.2 Å². The monoisotopic (exact) mass is 345 g/mol. The van der Waals surface area contributed by atoms with Crippen LogP contribution < -0.4 is 0 Å². The third kappa shape index (κ3) is 2.99. The summed E-state index contributed by atoms with van der Waals surface area (Å²) in [6.45, 7) is 3.90. The van der Waals surface area contributed by atoms with Gasteiger partial charge < -0.3 is 0 Å². The van der Waals surface area contributed by atoms with E-state index in [9.17, 15) is 0 Å². The summed E-state index contributed by atoms with van der Waals surface area (Å²) in [5.74, 6) is 2.28. The molecule has 0 unspecified atom stereocenters. The molecule has 0 N–H and O–H groups in total. The Balaban J connectivity index is 1.55. The zero-order valence-electron chi connectivity index (χ0n) is 15.0. The van der Waals surface area contributed by atoms with E-state index in [0.29, 0.717) is 12.2 Å². The quantitative estimate of drug-likeness (QED) is 0.569. The summed E-state index contributed by atoms with van der Waals surface area (Å²) >= 11 is 0. The van der Waals surface area contributed by atoms with Gasteiger partial charge in [-0.05, 0) is 19.9 Å². The van der Waals surface area contributed by atoms with Gasteiger partial charge in [-0.1, -0.05) is 36.4 Å². The molecule has 7 heteroatoms. The summed E-state index contributed by atoms with van der Waals surface area (Å²) < 4.78 is 3.62. The fourth-order valence-corrected chi connectivity index (χ4v) is 2.76. The fourth-order valence-electron chi connectivity index (χ4n) is 2.76.